The van der Waals surface area contributed by atoms with Gasteiger partial charge in [0, 0.05) is 38.0 Å². The second-order valence-corrected chi connectivity index (χ2v) is 9.67. The summed E-state index contributed by atoms with van der Waals surface area (Å²) in [5.74, 6) is -0.806. The average molecular weight is 489 g/mol. The summed E-state index contributed by atoms with van der Waals surface area (Å²) in [6.07, 6.45) is 1.38. The molecule has 188 valence electrons. The number of carboxylic acid groups (broad SMARTS) is 1. The molecule has 0 saturated heterocycles. The largest absolute Gasteiger partial charge is 0.477 e. The van der Waals surface area contributed by atoms with Crippen LogP contribution in [0.25, 0.3) is 16.8 Å². The zero-order chi connectivity index (χ0) is 26.6. The maximum Gasteiger partial charge on any atom is 0.341 e. The average Bonchev–Trinajstić information content (AvgIpc) is 2.80. The molecular weight excluding hydrogens is 455 g/mol. The van der Waals surface area contributed by atoms with Crippen LogP contribution in [0, 0.1) is 18.7 Å². The molecule has 0 saturated carbocycles. The normalized spacial score (nSPS) is 14.0. The van der Waals surface area contributed by atoms with Gasteiger partial charge in [0.05, 0.1) is 11.4 Å². The second kappa shape index (κ2) is 11.2. The van der Waals surface area contributed by atoms with Crippen molar-refractivity contribution in [3.05, 3.63) is 111 Å². The van der Waals surface area contributed by atoms with Crippen LogP contribution in [0.15, 0.2) is 72.2 Å². The minimum absolute atomic E-state index is 0.275. The Morgan fingerprint density at radius 2 is 1.67 bits per heavy atom. The van der Waals surface area contributed by atoms with Crippen molar-refractivity contribution in [3.63, 3.8) is 0 Å². The lowest BCUT2D eigenvalue weighted by molar-refractivity contribution is 0.0694. The number of benzene rings is 2. The van der Waals surface area contributed by atoms with Gasteiger partial charge in [-0.25, -0.2) is 9.18 Å². The Hall–Kier alpha value is -3.93. The van der Waals surface area contributed by atoms with E-state index in [0.717, 1.165) is 17.0 Å². The standard InChI is InChI=1S/C26H23FN2O3.C4H10/c1-16-6-4-7-18(12-16)17(2)24(19-8-5-9-20(27)13-19)25-22-14-23(30)21(26(31)32)15-29(22)11-10-28(25)3;1-4(2)3/h4-9,12-15H,2,10-11H2,1,3H3,(H,31,32);4H,1-3H3/b25-24+;. The molecular formula is C30H33FN2O3. The Bertz CT molecular complexity index is 1380. The van der Waals surface area contributed by atoms with Crippen LogP contribution in [0.3, 0.4) is 0 Å². The van der Waals surface area contributed by atoms with Crippen molar-refractivity contribution in [2.75, 3.05) is 13.6 Å². The number of aromatic carboxylic acids is 1. The number of likely N-dealkylation sites (N-methyl/N-ethyl adjacent to an activating group) is 1. The topological polar surface area (TPSA) is 62.5 Å². The number of hydrogen-bond acceptors (Lipinski definition) is 3. The number of rotatable bonds is 4. The van der Waals surface area contributed by atoms with Gasteiger partial charge < -0.3 is 14.6 Å². The number of aromatic nitrogens is 1. The highest BCUT2D eigenvalue weighted by Crippen LogP contribution is 2.39. The summed E-state index contributed by atoms with van der Waals surface area (Å²) >= 11 is 0. The van der Waals surface area contributed by atoms with Crippen LogP contribution in [0.4, 0.5) is 4.39 Å². The third kappa shape index (κ3) is 6.00. The van der Waals surface area contributed by atoms with Gasteiger partial charge in [-0.1, -0.05) is 69.3 Å². The van der Waals surface area contributed by atoms with E-state index in [9.17, 15) is 19.1 Å². The fourth-order valence-corrected chi connectivity index (χ4v) is 4.08. The first-order chi connectivity index (χ1) is 17.0. The van der Waals surface area contributed by atoms with Crippen LogP contribution >= 0.6 is 0 Å². The van der Waals surface area contributed by atoms with Gasteiger partial charge in [-0.15, -0.1) is 0 Å². The number of hydrogen-bond donors (Lipinski definition) is 1. The van der Waals surface area contributed by atoms with Crippen molar-refractivity contribution in [2.45, 2.75) is 34.2 Å². The summed E-state index contributed by atoms with van der Waals surface area (Å²) in [6.45, 7) is 13.9. The fourth-order valence-electron chi connectivity index (χ4n) is 4.08. The maximum atomic E-state index is 14.2. The molecule has 2 aromatic carbocycles. The van der Waals surface area contributed by atoms with E-state index in [-0.39, 0.29) is 11.4 Å². The molecule has 0 spiro atoms. The highest BCUT2D eigenvalue weighted by Gasteiger charge is 2.26. The molecule has 1 N–H and O–H groups in total. The lowest BCUT2D eigenvalue weighted by atomic mass is 9.89. The molecule has 5 nitrogen and oxygen atoms in total. The van der Waals surface area contributed by atoms with Gasteiger partial charge >= 0.3 is 5.97 Å². The van der Waals surface area contributed by atoms with Crippen LogP contribution < -0.4 is 5.43 Å². The molecule has 0 aliphatic carbocycles. The van der Waals surface area contributed by atoms with E-state index in [1.54, 1.807) is 10.6 Å². The summed E-state index contributed by atoms with van der Waals surface area (Å²) in [5.41, 5.74) is 4.36. The van der Waals surface area contributed by atoms with E-state index in [1.165, 1.54) is 24.4 Å². The molecule has 1 aliphatic rings. The molecule has 0 unspecified atom stereocenters. The molecule has 4 rings (SSSR count). The molecule has 6 heteroatoms. The van der Waals surface area contributed by atoms with Crippen LogP contribution in [0.2, 0.25) is 0 Å². The predicted molar refractivity (Wildman–Crippen MR) is 144 cm³/mol. The minimum Gasteiger partial charge on any atom is -0.477 e. The third-order valence-corrected chi connectivity index (χ3v) is 5.68. The highest BCUT2D eigenvalue weighted by atomic mass is 19.1. The molecule has 0 bridgehead atoms. The Kier molecular flexibility index (Phi) is 8.30. The van der Waals surface area contributed by atoms with E-state index < -0.39 is 11.4 Å². The zero-order valence-corrected chi connectivity index (χ0v) is 21.5. The minimum atomic E-state index is -1.26. The van der Waals surface area contributed by atoms with Gasteiger partial charge in [0.15, 0.2) is 5.43 Å². The van der Waals surface area contributed by atoms with Crippen molar-refractivity contribution < 1.29 is 14.3 Å². The van der Waals surface area contributed by atoms with Gasteiger partial charge in [0.1, 0.15) is 11.4 Å². The van der Waals surface area contributed by atoms with E-state index in [4.69, 9.17) is 0 Å². The molecule has 0 radical (unpaired) electrons. The first-order valence-corrected chi connectivity index (χ1v) is 12.0. The monoisotopic (exact) mass is 488 g/mol. The van der Waals surface area contributed by atoms with E-state index >= 15 is 0 Å². The van der Waals surface area contributed by atoms with E-state index in [0.29, 0.717) is 41.2 Å². The number of halogens is 1. The van der Waals surface area contributed by atoms with Crippen LogP contribution in [0.5, 0.6) is 0 Å². The van der Waals surface area contributed by atoms with Gasteiger partial charge in [-0.05, 0) is 41.7 Å². The van der Waals surface area contributed by atoms with Crippen molar-refractivity contribution >= 4 is 22.8 Å². The Balaban J connectivity index is 0.000000840. The van der Waals surface area contributed by atoms with E-state index in [1.807, 2.05) is 49.2 Å². The Morgan fingerprint density at radius 3 is 2.28 bits per heavy atom. The number of carboxylic acids is 1. The summed E-state index contributed by atoms with van der Waals surface area (Å²) in [4.78, 5) is 26.0. The van der Waals surface area contributed by atoms with Crippen LogP contribution in [-0.4, -0.2) is 34.1 Å². The number of carbonyl (C=O) groups is 1. The molecule has 3 aromatic rings. The van der Waals surface area contributed by atoms with Gasteiger partial charge in [0.25, 0.3) is 0 Å². The number of fused-ring (bicyclic) bond motifs is 1. The molecule has 1 aromatic heterocycles. The van der Waals surface area contributed by atoms with Crippen molar-refractivity contribution in [1.29, 1.82) is 0 Å². The third-order valence-electron chi connectivity index (χ3n) is 5.68. The van der Waals surface area contributed by atoms with Crippen LogP contribution in [0.1, 0.15) is 53.5 Å². The van der Waals surface area contributed by atoms with Gasteiger partial charge in [0.2, 0.25) is 0 Å². The SMILES string of the molecule is C=C(/C(=C1/c2cc(=O)c(C(=O)O)cn2CCN1C)c1cccc(F)c1)c1cccc(C)c1.CC(C)C. The second-order valence-electron chi connectivity index (χ2n) is 9.67. The number of pyridine rings is 1. The fraction of sp³-hybridized carbons (Fsp3) is 0.267. The summed E-state index contributed by atoms with van der Waals surface area (Å²) in [5, 5.41) is 9.37. The molecule has 36 heavy (non-hydrogen) atoms. The van der Waals surface area contributed by atoms with Crippen LogP contribution in [-0.2, 0) is 6.54 Å². The number of nitrogens with zero attached hydrogens (tertiary/aromatic N) is 2. The van der Waals surface area contributed by atoms with Gasteiger partial charge in [-0.3, -0.25) is 4.79 Å². The van der Waals surface area contributed by atoms with Crippen molar-refractivity contribution in [3.8, 4) is 0 Å². The van der Waals surface area contributed by atoms with Crippen molar-refractivity contribution in [2.24, 2.45) is 5.92 Å². The number of allylic oxidation sites excluding steroid dienone is 2. The Labute approximate surface area is 211 Å². The quantitative estimate of drug-likeness (QED) is 0.476. The predicted octanol–water partition coefficient (Wildman–Crippen LogP) is 6.18. The highest BCUT2D eigenvalue weighted by molar-refractivity contribution is 6.13. The zero-order valence-electron chi connectivity index (χ0n) is 21.5. The maximum absolute atomic E-state index is 14.2. The lowest BCUT2D eigenvalue weighted by Gasteiger charge is -2.34. The number of aryl methyl sites for hydroxylation is 1. The molecule has 2 heterocycles. The molecule has 0 amide bonds. The summed E-state index contributed by atoms with van der Waals surface area (Å²) in [7, 11) is 1.90. The first kappa shape index (κ1) is 26.7. The van der Waals surface area contributed by atoms with Gasteiger partial charge in [-0.2, -0.15) is 0 Å². The summed E-state index contributed by atoms with van der Waals surface area (Å²) < 4.78 is 16.0. The molecule has 1 aliphatic heterocycles. The smallest absolute Gasteiger partial charge is 0.341 e. The van der Waals surface area contributed by atoms with E-state index in [2.05, 4.69) is 27.4 Å². The summed E-state index contributed by atoms with van der Waals surface area (Å²) in [6, 6.07) is 15.5. The lowest BCUT2D eigenvalue weighted by Crippen LogP contribution is -2.33. The first-order valence-electron chi connectivity index (χ1n) is 12.0. The Morgan fingerprint density at radius 1 is 1.03 bits per heavy atom. The van der Waals surface area contributed by atoms with Crippen molar-refractivity contribution in [1.82, 2.24) is 9.47 Å². The molecule has 0 atom stereocenters. The molecule has 0 fully saturated rings.